The summed E-state index contributed by atoms with van der Waals surface area (Å²) in [6.07, 6.45) is 5.62. The van der Waals surface area contributed by atoms with Gasteiger partial charge in [-0.25, -0.2) is 9.89 Å². The number of anilines is 3. The molecule has 6 unspecified atom stereocenters. The molecule has 12 nitrogen and oxygen atoms in total. The first kappa shape index (κ1) is 38.5. The maximum atomic E-state index is 10.7. The van der Waals surface area contributed by atoms with E-state index in [-0.39, 0.29) is 11.9 Å². The van der Waals surface area contributed by atoms with Crippen LogP contribution in [0.5, 0.6) is 0 Å². The van der Waals surface area contributed by atoms with Crippen molar-refractivity contribution in [1.82, 2.24) is 15.3 Å². The Kier molecular flexibility index (Phi) is 9.66. The largest absolute Gasteiger partial charge is 0.423 e. The second-order valence-corrected chi connectivity index (χ2v) is 17.0. The van der Waals surface area contributed by atoms with Gasteiger partial charge in [-0.15, -0.1) is 0 Å². The molecule has 6 atom stereocenters. The van der Waals surface area contributed by atoms with Crippen molar-refractivity contribution in [3.8, 4) is 6.07 Å². The summed E-state index contributed by atoms with van der Waals surface area (Å²) in [4.78, 5) is 17.3. The standard InChI is InChI=1S/C46H50N10O2/c1-26-22-23-27(2)38(31(26)6)51-46(10)40(52-53-42-32(25-47)41(45(7,8)9)54-56(42)44-49-34-19-12-14-21-36(34)58-44)30(5)24-37(50-46)55(39-28(3)16-15-17-29(39)4)43-48-33-18-11-13-20-35(33)57-43/h11-24,26,31-32,40,42,51H,1-10H3. The van der Waals surface area contributed by atoms with Gasteiger partial charge in [0.05, 0.1) is 17.5 Å². The molecule has 58 heavy (non-hydrogen) atoms. The Bertz CT molecular complexity index is 2560. The number of nitrogens with zero attached hydrogens (tertiary/aromatic N) is 9. The summed E-state index contributed by atoms with van der Waals surface area (Å²) in [6, 6.07) is 24.1. The van der Waals surface area contributed by atoms with E-state index in [1.54, 1.807) is 5.01 Å². The monoisotopic (exact) mass is 774 g/mol. The fraction of sp³-hybridized carbons (Fsp3) is 0.370. The predicted molar refractivity (Wildman–Crippen MR) is 230 cm³/mol. The number of hydrazone groups is 1. The summed E-state index contributed by atoms with van der Waals surface area (Å²) in [6.45, 7) is 21.0. The molecule has 0 spiro atoms. The first-order chi connectivity index (χ1) is 27.7. The summed E-state index contributed by atoms with van der Waals surface area (Å²) in [5, 5.41) is 31.3. The number of azo groups is 1. The lowest BCUT2D eigenvalue weighted by atomic mass is 9.82. The molecule has 8 rings (SSSR count). The van der Waals surface area contributed by atoms with Crippen molar-refractivity contribution < 1.29 is 8.83 Å². The van der Waals surface area contributed by atoms with E-state index in [0.717, 1.165) is 39.2 Å². The fourth-order valence-corrected chi connectivity index (χ4v) is 8.18. The minimum Gasteiger partial charge on any atom is -0.423 e. The quantitative estimate of drug-likeness (QED) is 0.161. The van der Waals surface area contributed by atoms with Gasteiger partial charge in [0.1, 0.15) is 28.8 Å². The highest BCUT2D eigenvalue weighted by molar-refractivity contribution is 6.12. The highest BCUT2D eigenvalue weighted by atomic mass is 16.4. The molecule has 0 saturated carbocycles. The van der Waals surface area contributed by atoms with Crippen LogP contribution in [0.2, 0.25) is 0 Å². The molecule has 3 aromatic carbocycles. The van der Waals surface area contributed by atoms with Crippen LogP contribution in [0.3, 0.4) is 0 Å². The SMILES string of the molecule is CC1=CC(N(c2nc3ccccc3o2)c2c(C)cccc2C)=NC(C)(NC2=C(C)C=CC(C)C2C)C1N=NC1C(C#N)C(C(C)(C)C)=NN1c1nc2ccccc2o1. The predicted octanol–water partition coefficient (Wildman–Crippen LogP) is 10.7. The topological polar surface area (TPSA) is 144 Å². The van der Waals surface area contributed by atoms with E-state index in [9.17, 15) is 5.26 Å². The van der Waals surface area contributed by atoms with Crippen molar-refractivity contribution >= 4 is 51.5 Å². The number of hydrogen-bond acceptors (Lipinski definition) is 12. The number of amidine groups is 1. The normalized spacial score (nSPS) is 25.0. The van der Waals surface area contributed by atoms with E-state index in [4.69, 9.17) is 39.1 Å². The number of aromatic nitrogens is 2. The Balaban J connectivity index is 1.28. The van der Waals surface area contributed by atoms with E-state index < -0.39 is 29.2 Å². The Hall–Kier alpha value is -6.35. The van der Waals surface area contributed by atoms with E-state index >= 15 is 0 Å². The lowest BCUT2D eigenvalue weighted by Crippen LogP contribution is -2.54. The zero-order chi connectivity index (χ0) is 41.1. The van der Waals surface area contributed by atoms with Crippen LogP contribution in [-0.4, -0.2) is 39.4 Å². The van der Waals surface area contributed by atoms with Crippen molar-refractivity contribution in [2.24, 2.45) is 43.5 Å². The summed E-state index contributed by atoms with van der Waals surface area (Å²) >= 11 is 0. The number of fused-ring (bicyclic) bond motifs is 2. The summed E-state index contributed by atoms with van der Waals surface area (Å²) < 4.78 is 12.7. The van der Waals surface area contributed by atoms with E-state index in [0.29, 0.717) is 40.2 Å². The third-order valence-corrected chi connectivity index (χ3v) is 11.5. The average molecular weight is 775 g/mol. The molecule has 0 radical (unpaired) electrons. The zero-order valence-electron chi connectivity index (χ0n) is 34.8. The summed E-state index contributed by atoms with van der Waals surface area (Å²) in [5.41, 5.74) is 8.05. The number of benzene rings is 3. The molecule has 296 valence electrons. The minimum atomic E-state index is -1.06. The molecular weight excluding hydrogens is 725 g/mol. The van der Waals surface area contributed by atoms with Gasteiger partial charge < -0.3 is 14.2 Å². The first-order valence-corrected chi connectivity index (χ1v) is 19.9. The van der Waals surface area contributed by atoms with E-state index in [1.165, 1.54) is 0 Å². The second kappa shape index (κ2) is 14.5. The van der Waals surface area contributed by atoms with Crippen molar-refractivity contribution in [2.75, 3.05) is 9.91 Å². The summed E-state index contributed by atoms with van der Waals surface area (Å²) in [5.74, 6) is 0.414. The van der Waals surface area contributed by atoms with Crippen LogP contribution in [0.25, 0.3) is 22.2 Å². The molecule has 1 aliphatic carbocycles. The third-order valence-electron chi connectivity index (χ3n) is 11.5. The van der Waals surface area contributed by atoms with Crippen LogP contribution in [-0.2, 0) is 0 Å². The molecule has 12 heteroatoms. The Morgan fingerprint density at radius 1 is 0.879 bits per heavy atom. The number of dihydropyridines is 1. The van der Waals surface area contributed by atoms with Gasteiger partial charge in [0.2, 0.25) is 0 Å². The highest BCUT2D eigenvalue weighted by Gasteiger charge is 2.47. The molecule has 0 fully saturated rings. The second-order valence-electron chi connectivity index (χ2n) is 17.0. The van der Waals surface area contributed by atoms with Crippen molar-refractivity contribution in [1.29, 1.82) is 5.26 Å². The maximum absolute atomic E-state index is 10.7. The van der Waals surface area contributed by atoms with Crippen LogP contribution in [0.15, 0.2) is 131 Å². The number of aliphatic imine (C=N–C) groups is 1. The average Bonchev–Trinajstić information content (AvgIpc) is 3.91. The van der Waals surface area contributed by atoms with Crippen molar-refractivity contribution in [3.05, 3.63) is 113 Å². The van der Waals surface area contributed by atoms with Gasteiger partial charge in [0.15, 0.2) is 23.0 Å². The molecule has 0 saturated heterocycles. The Morgan fingerprint density at radius 2 is 1.53 bits per heavy atom. The Labute approximate surface area is 339 Å². The zero-order valence-corrected chi connectivity index (χ0v) is 34.8. The number of aryl methyl sites for hydroxylation is 2. The number of nitrogens with one attached hydrogen (secondary N) is 1. The lowest BCUT2D eigenvalue weighted by molar-refractivity contribution is 0.315. The van der Waals surface area contributed by atoms with Crippen molar-refractivity contribution in [3.63, 3.8) is 0 Å². The highest BCUT2D eigenvalue weighted by Crippen LogP contribution is 2.41. The number of hydrogen-bond donors (Lipinski definition) is 1. The number of nitriles is 1. The van der Waals surface area contributed by atoms with E-state index in [1.807, 2.05) is 87.2 Å². The molecular formula is C46H50N10O2. The van der Waals surface area contributed by atoms with Gasteiger partial charge in [-0.1, -0.05) is 89.2 Å². The van der Waals surface area contributed by atoms with Gasteiger partial charge >= 0.3 is 12.0 Å². The van der Waals surface area contributed by atoms with Crippen LogP contribution < -0.4 is 15.2 Å². The maximum Gasteiger partial charge on any atom is 0.321 e. The molecule has 5 aromatic rings. The van der Waals surface area contributed by atoms with Gasteiger partial charge in [-0.05, 0) is 93.2 Å². The summed E-state index contributed by atoms with van der Waals surface area (Å²) in [7, 11) is 0. The fourth-order valence-electron chi connectivity index (χ4n) is 8.18. The van der Waals surface area contributed by atoms with Crippen LogP contribution >= 0.6 is 0 Å². The van der Waals surface area contributed by atoms with Crippen molar-refractivity contribution in [2.45, 2.75) is 87.1 Å². The number of para-hydroxylation sites is 5. The molecule has 3 aliphatic rings. The van der Waals surface area contributed by atoms with Gasteiger partial charge in [-0.2, -0.15) is 35.6 Å². The molecule has 2 aliphatic heterocycles. The number of allylic oxidation sites excluding steroid dienone is 4. The molecule has 0 bridgehead atoms. The van der Waals surface area contributed by atoms with Crippen LogP contribution in [0, 0.1) is 48.3 Å². The molecule has 0 amide bonds. The van der Waals surface area contributed by atoms with E-state index in [2.05, 4.69) is 83.3 Å². The smallest absolute Gasteiger partial charge is 0.321 e. The lowest BCUT2D eigenvalue weighted by Gasteiger charge is -2.41. The molecule has 2 aromatic heterocycles. The van der Waals surface area contributed by atoms with Gasteiger partial charge in [0, 0.05) is 17.0 Å². The van der Waals surface area contributed by atoms with Crippen LogP contribution in [0.1, 0.15) is 66.5 Å². The number of rotatable bonds is 7. The molecule has 4 heterocycles. The Morgan fingerprint density at radius 3 is 2.17 bits per heavy atom. The third kappa shape index (κ3) is 6.78. The molecule has 1 N–H and O–H groups in total. The van der Waals surface area contributed by atoms with Gasteiger partial charge in [-0.3, -0.25) is 0 Å². The van der Waals surface area contributed by atoms with Gasteiger partial charge in [0.25, 0.3) is 0 Å². The van der Waals surface area contributed by atoms with Crippen LogP contribution in [0.4, 0.5) is 17.7 Å². The number of oxazole rings is 2. The minimum absolute atomic E-state index is 0.186. The first-order valence-electron chi connectivity index (χ1n) is 19.9.